The molecule has 1 aromatic carbocycles. The quantitative estimate of drug-likeness (QED) is 0.853. The van der Waals surface area contributed by atoms with Crippen LogP contribution in [0, 0.1) is 17.6 Å². The molecule has 0 radical (unpaired) electrons. The molecule has 0 bridgehead atoms. The van der Waals surface area contributed by atoms with Gasteiger partial charge in [-0.3, -0.25) is 4.79 Å². The Bertz CT molecular complexity index is 504. The summed E-state index contributed by atoms with van der Waals surface area (Å²) >= 11 is 0. The first-order valence-corrected chi connectivity index (χ1v) is 7.05. The second-order valence-corrected chi connectivity index (χ2v) is 5.65. The van der Waals surface area contributed by atoms with Gasteiger partial charge in [0.05, 0.1) is 5.92 Å². The number of nitrogens with zero attached hydrogens (tertiary/aromatic N) is 2. The molecular formula is C15H21F2N3O. The van der Waals surface area contributed by atoms with Crippen LogP contribution in [0.15, 0.2) is 18.2 Å². The number of carbonyl (C=O) groups excluding carboxylic acids is 1. The minimum atomic E-state index is -0.607. The van der Waals surface area contributed by atoms with Gasteiger partial charge < -0.3 is 15.1 Å². The van der Waals surface area contributed by atoms with E-state index in [9.17, 15) is 13.6 Å². The zero-order chi connectivity index (χ0) is 15.4. The van der Waals surface area contributed by atoms with Gasteiger partial charge in [0.25, 0.3) is 0 Å². The molecular weight excluding hydrogens is 276 g/mol. The average molecular weight is 297 g/mol. The number of halogens is 2. The first kappa shape index (κ1) is 15.9. The minimum absolute atomic E-state index is 0.0272. The Morgan fingerprint density at radius 1 is 1.29 bits per heavy atom. The molecule has 1 aliphatic heterocycles. The third-order valence-electron chi connectivity index (χ3n) is 3.64. The highest BCUT2D eigenvalue weighted by molar-refractivity contribution is 5.80. The Labute approximate surface area is 123 Å². The van der Waals surface area contributed by atoms with E-state index in [0.29, 0.717) is 31.7 Å². The maximum atomic E-state index is 13.8. The topological polar surface area (TPSA) is 35.6 Å². The van der Waals surface area contributed by atoms with Crippen molar-refractivity contribution >= 4 is 5.91 Å². The Kier molecular flexibility index (Phi) is 5.25. The van der Waals surface area contributed by atoms with Gasteiger partial charge in [-0.2, -0.15) is 0 Å². The van der Waals surface area contributed by atoms with Crippen LogP contribution in [0.5, 0.6) is 0 Å². The maximum absolute atomic E-state index is 13.8. The summed E-state index contributed by atoms with van der Waals surface area (Å²) in [6.07, 6.45) is 0. The van der Waals surface area contributed by atoms with Gasteiger partial charge in [0, 0.05) is 44.4 Å². The van der Waals surface area contributed by atoms with Crippen molar-refractivity contribution in [2.24, 2.45) is 5.92 Å². The van der Waals surface area contributed by atoms with Crippen molar-refractivity contribution in [1.82, 2.24) is 15.1 Å². The third-order valence-corrected chi connectivity index (χ3v) is 3.64. The highest BCUT2D eigenvalue weighted by atomic mass is 19.1. The average Bonchev–Trinajstić information content (AvgIpc) is 2.34. The molecule has 1 aromatic rings. The van der Waals surface area contributed by atoms with E-state index in [-0.39, 0.29) is 18.4 Å². The van der Waals surface area contributed by atoms with Crippen molar-refractivity contribution in [2.75, 3.05) is 40.3 Å². The zero-order valence-electron chi connectivity index (χ0n) is 12.4. The highest BCUT2D eigenvalue weighted by Crippen LogP contribution is 2.15. The van der Waals surface area contributed by atoms with E-state index in [1.54, 1.807) is 4.90 Å². The third kappa shape index (κ3) is 4.22. The lowest BCUT2D eigenvalue weighted by Gasteiger charge is -2.33. The summed E-state index contributed by atoms with van der Waals surface area (Å²) in [7, 11) is 3.85. The van der Waals surface area contributed by atoms with Crippen LogP contribution >= 0.6 is 0 Å². The van der Waals surface area contributed by atoms with Crippen LogP contribution in [-0.4, -0.2) is 56.0 Å². The molecule has 21 heavy (non-hydrogen) atoms. The Hall–Kier alpha value is -1.53. The van der Waals surface area contributed by atoms with Gasteiger partial charge in [-0.05, 0) is 20.2 Å². The predicted molar refractivity (Wildman–Crippen MR) is 76.7 cm³/mol. The molecule has 1 amide bonds. The van der Waals surface area contributed by atoms with Crippen molar-refractivity contribution in [3.05, 3.63) is 35.4 Å². The number of nitrogens with one attached hydrogen (secondary N) is 1. The Morgan fingerprint density at radius 3 is 2.52 bits per heavy atom. The number of rotatable bonds is 6. The monoisotopic (exact) mass is 297 g/mol. The molecule has 6 heteroatoms. The number of carbonyl (C=O) groups is 1. The Morgan fingerprint density at radius 2 is 2.00 bits per heavy atom. The van der Waals surface area contributed by atoms with Crippen molar-refractivity contribution in [3.63, 3.8) is 0 Å². The van der Waals surface area contributed by atoms with Crippen LogP contribution in [-0.2, 0) is 11.3 Å². The largest absolute Gasteiger partial charge is 0.337 e. The number of benzene rings is 1. The predicted octanol–water partition coefficient (Wildman–Crippen LogP) is 1.07. The van der Waals surface area contributed by atoms with Crippen LogP contribution in [0.25, 0.3) is 0 Å². The van der Waals surface area contributed by atoms with Crippen molar-refractivity contribution in [2.45, 2.75) is 6.54 Å². The highest BCUT2D eigenvalue weighted by Gasteiger charge is 2.29. The molecule has 1 fully saturated rings. The van der Waals surface area contributed by atoms with E-state index in [1.165, 1.54) is 12.1 Å². The fourth-order valence-corrected chi connectivity index (χ4v) is 2.16. The van der Waals surface area contributed by atoms with Crippen LogP contribution < -0.4 is 5.32 Å². The van der Waals surface area contributed by atoms with Crippen molar-refractivity contribution < 1.29 is 13.6 Å². The SMILES string of the molecule is CN(C)CCN(Cc1ccc(F)cc1F)C(=O)C1CNC1. The van der Waals surface area contributed by atoms with Crippen molar-refractivity contribution in [1.29, 1.82) is 0 Å². The molecule has 1 saturated heterocycles. The van der Waals surface area contributed by atoms with Crippen LogP contribution in [0.3, 0.4) is 0 Å². The fourth-order valence-electron chi connectivity index (χ4n) is 2.16. The molecule has 2 rings (SSSR count). The molecule has 4 nitrogen and oxygen atoms in total. The van der Waals surface area contributed by atoms with Crippen LogP contribution in [0.2, 0.25) is 0 Å². The lowest BCUT2D eigenvalue weighted by molar-refractivity contribution is -0.137. The molecule has 0 atom stereocenters. The summed E-state index contributed by atoms with van der Waals surface area (Å²) in [6, 6.07) is 3.48. The number of hydrogen-bond donors (Lipinski definition) is 1. The van der Waals surface area contributed by atoms with Crippen LogP contribution in [0.4, 0.5) is 8.78 Å². The molecule has 0 spiro atoms. The van der Waals surface area contributed by atoms with E-state index in [4.69, 9.17) is 0 Å². The smallest absolute Gasteiger partial charge is 0.228 e. The molecule has 0 saturated carbocycles. The van der Waals surface area contributed by atoms with Gasteiger partial charge in [-0.15, -0.1) is 0 Å². The fraction of sp³-hybridized carbons (Fsp3) is 0.533. The summed E-state index contributed by atoms with van der Waals surface area (Å²) in [5.41, 5.74) is 0.343. The second-order valence-electron chi connectivity index (χ2n) is 5.65. The van der Waals surface area contributed by atoms with Gasteiger partial charge in [-0.25, -0.2) is 8.78 Å². The lowest BCUT2D eigenvalue weighted by Crippen LogP contribution is -2.52. The molecule has 0 unspecified atom stereocenters. The lowest BCUT2D eigenvalue weighted by atomic mass is 10.0. The van der Waals surface area contributed by atoms with Gasteiger partial charge in [-0.1, -0.05) is 6.07 Å². The zero-order valence-corrected chi connectivity index (χ0v) is 12.4. The molecule has 1 N–H and O–H groups in total. The second kappa shape index (κ2) is 6.95. The van der Waals surface area contributed by atoms with Gasteiger partial charge in [0.15, 0.2) is 0 Å². The summed E-state index contributed by atoms with van der Waals surface area (Å²) in [6.45, 7) is 2.75. The standard InChI is InChI=1S/C15H21F2N3O/c1-19(2)5-6-20(15(21)12-8-18-9-12)10-11-3-4-13(16)7-14(11)17/h3-4,7,12,18H,5-6,8-10H2,1-2H3. The molecule has 116 valence electrons. The number of amides is 1. The first-order valence-electron chi connectivity index (χ1n) is 7.05. The van der Waals surface area contributed by atoms with Crippen molar-refractivity contribution in [3.8, 4) is 0 Å². The van der Waals surface area contributed by atoms with E-state index in [2.05, 4.69) is 5.32 Å². The molecule has 0 aromatic heterocycles. The molecule has 1 heterocycles. The van der Waals surface area contributed by atoms with Crippen LogP contribution in [0.1, 0.15) is 5.56 Å². The summed E-state index contributed by atoms with van der Waals surface area (Å²) < 4.78 is 26.7. The van der Waals surface area contributed by atoms with E-state index in [1.807, 2.05) is 19.0 Å². The van der Waals surface area contributed by atoms with E-state index < -0.39 is 11.6 Å². The number of hydrogen-bond acceptors (Lipinski definition) is 3. The van der Waals surface area contributed by atoms with Gasteiger partial charge in [0.2, 0.25) is 5.91 Å². The minimum Gasteiger partial charge on any atom is -0.337 e. The molecule has 0 aliphatic carbocycles. The summed E-state index contributed by atoms with van der Waals surface area (Å²) in [5, 5.41) is 3.06. The Balaban J connectivity index is 2.08. The summed E-state index contributed by atoms with van der Waals surface area (Å²) in [4.78, 5) is 16.0. The molecule has 1 aliphatic rings. The normalized spacial score (nSPS) is 15.1. The van der Waals surface area contributed by atoms with Gasteiger partial charge >= 0.3 is 0 Å². The number of likely N-dealkylation sites (N-methyl/N-ethyl adjacent to an activating group) is 1. The first-order chi connectivity index (χ1) is 9.97. The summed E-state index contributed by atoms with van der Waals surface area (Å²) in [5.74, 6) is -1.22. The maximum Gasteiger partial charge on any atom is 0.228 e. The van der Waals surface area contributed by atoms with Gasteiger partial charge in [0.1, 0.15) is 11.6 Å². The van der Waals surface area contributed by atoms with E-state index in [0.717, 1.165) is 6.07 Å². The van der Waals surface area contributed by atoms with E-state index >= 15 is 0 Å².